The Balaban J connectivity index is 1.77. The summed E-state index contributed by atoms with van der Waals surface area (Å²) >= 11 is 0. The number of ether oxygens (including phenoxy) is 2. The molecule has 3 nitrogen and oxygen atoms in total. The van der Waals surface area contributed by atoms with Crippen LogP contribution in [0.15, 0.2) is 0 Å². The molecule has 0 saturated carbocycles. The molecule has 0 aromatic carbocycles. The zero-order valence-electron chi connectivity index (χ0n) is 8.51. The van der Waals surface area contributed by atoms with Crippen molar-refractivity contribution in [1.29, 1.82) is 0 Å². The molecule has 76 valence electrons. The van der Waals surface area contributed by atoms with Crippen LogP contribution >= 0.6 is 0 Å². The molecule has 2 aliphatic rings. The molecule has 0 aromatic heterocycles. The Hall–Kier alpha value is -0.120. The van der Waals surface area contributed by atoms with E-state index in [0.29, 0.717) is 5.92 Å². The first-order valence-electron chi connectivity index (χ1n) is 5.13. The van der Waals surface area contributed by atoms with Crippen molar-refractivity contribution in [3.8, 4) is 0 Å². The maximum Gasteiger partial charge on any atom is 0.109 e. The summed E-state index contributed by atoms with van der Waals surface area (Å²) in [5, 5.41) is 3.48. The van der Waals surface area contributed by atoms with Gasteiger partial charge in [-0.1, -0.05) is 0 Å². The third-order valence-electron chi connectivity index (χ3n) is 2.77. The number of hydrogen-bond donors (Lipinski definition) is 1. The van der Waals surface area contributed by atoms with E-state index < -0.39 is 0 Å². The van der Waals surface area contributed by atoms with E-state index in [0.717, 1.165) is 26.2 Å². The first-order chi connectivity index (χ1) is 6.16. The average Bonchev–Trinajstić information content (AvgIpc) is 2.61. The van der Waals surface area contributed by atoms with Crippen LogP contribution in [0, 0.1) is 5.92 Å². The van der Waals surface area contributed by atoms with Gasteiger partial charge in [-0.3, -0.25) is 5.32 Å². The highest BCUT2D eigenvalue weighted by molar-refractivity contribution is 4.86. The molecule has 2 rings (SSSR count). The number of hydrogen-bond acceptors (Lipinski definition) is 3. The second-order valence-electron chi connectivity index (χ2n) is 4.79. The van der Waals surface area contributed by atoms with Gasteiger partial charge in [0.1, 0.15) is 6.23 Å². The van der Waals surface area contributed by atoms with Gasteiger partial charge in [-0.05, 0) is 32.6 Å². The summed E-state index contributed by atoms with van der Waals surface area (Å²) in [5.74, 6) is 0.700. The van der Waals surface area contributed by atoms with Gasteiger partial charge in [0, 0.05) is 18.8 Å². The van der Waals surface area contributed by atoms with E-state index >= 15 is 0 Å². The average molecular weight is 185 g/mol. The second-order valence-corrected chi connectivity index (χ2v) is 4.79. The lowest BCUT2D eigenvalue weighted by molar-refractivity contribution is 0.0743. The van der Waals surface area contributed by atoms with Crippen LogP contribution in [0.3, 0.4) is 0 Å². The molecule has 2 aliphatic heterocycles. The molecule has 0 radical (unpaired) electrons. The summed E-state index contributed by atoms with van der Waals surface area (Å²) in [5.41, 5.74) is 0.157. The minimum absolute atomic E-state index is 0.157. The molecule has 2 unspecified atom stereocenters. The van der Waals surface area contributed by atoms with Crippen molar-refractivity contribution >= 4 is 0 Å². The molecule has 0 aliphatic carbocycles. The third kappa shape index (κ3) is 2.42. The van der Waals surface area contributed by atoms with Crippen LogP contribution in [0.25, 0.3) is 0 Å². The second kappa shape index (κ2) is 3.56. The van der Waals surface area contributed by atoms with E-state index in [9.17, 15) is 0 Å². The normalized spacial score (nSPS) is 38.3. The molecule has 3 heteroatoms. The van der Waals surface area contributed by atoms with Gasteiger partial charge in [0.15, 0.2) is 0 Å². The summed E-state index contributed by atoms with van der Waals surface area (Å²) in [6.07, 6.45) is 2.55. The van der Waals surface area contributed by atoms with Crippen molar-refractivity contribution in [3.63, 3.8) is 0 Å². The number of nitrogens with one attached hydrogen (secondary N) is 1. The minimum atomic E-state index is 0.157. The van der Waals surface area contributed by atoms with Crippen LogP contribution in [0.1, 0.15) is 26.7 Å². The van der Waals surface area contributed by atoms with Gasteiger partial charge in [-0.15, -0.1) is 0 Å². The predicted molar refractivity (Wildman–Crippen MR) is 50.5 cm³/mol. The van der Waals surface area contributed by atoms with E-state index in [1.165, 1.54) is 6.42 Å². The molecule has 2 heterocycles. The lowest BCUT2D eigenvalue weighted by atomic mass is 10.0. The van der Waals surface area contributed by atoms with Gasteiger partial charge >= 0.3 is 0 Å². The summed E-state index contributed by atoms with van der Waals surface area (Å²) in [4.78, 5) is 0. The van der Waals surface area contributed by atoms with Crippen molar-refractivity contribution in [2.24, 2.45) is 5.92 Å². The molecule has 2 saturated heterocycles. The fraction of sp³-hybridized carbons (Fsp3) is 1.00. The Kier molecular flexibility index (Phi) is 2.58. The summed E-state index contributed by atoms with van der Waals surface area (Å²) in [7, 11) is 0. The van der Waals surface area contributed by atoms with Gasteiger partial charge in [0.05, 0.1) is 6.61 Å². The van der Waals surface area contributed by atoms with E-state index in [1.54, 1.807) is 0 Å². The molecule has 2 atom stereocenters. The molecule has 2 fully saturated rings. The highest BCUT2D eigenvalue weighted by Gasteiger charge is 2.32. The minimum Gasteiger partial charge on any atom is -0.381 e. The van der Waals surface area contributed by atoms with Crippen molar-refractivity contribution in [1.82, 2.24) is 5.32 Å². The fourth-order valence-electron chi connectivity index (χ4n) is 2.03. The highest BCUT2D eigenvalue weighted by atomic mass is 16.5. The van der Waals surface area contributed by atoms with E-state index in [4.69, 9.17) is 9.47 Å². The molecular formula is C10H19NO2. The molecule has 0 bridgehead atoms. The van der Waals surface area contributed by atoms with Gasteiger partial charge in [0.25, 0.3) is 0 Å². The Morgan fingerprint density at radius 3 is 2.85 bits per heavy atom. The summed E-state index contributed by atoms with van der Waals surface area (Å²) < 4.78 is 11.0. The lowest BCUT2D eigenvalue weighted by Gasteiger charge is -2.18. The lowest BCUT2D eigenvalue weighted by Crippen LogP contribution is -2.39. The quantitative estimate of drug-likeness (QED) is 0.699. The molecule has 0 aromatic rings. The highest BCUT2D eigenvalue weighted by Crippen LogP contribution is 2.23. The third-order valence-corrected chi connectivity index (χ3v) is 2.77. The molecule has 13 heavy (non-hydrogen) atoms. The van der Waals surface area contributed by atoms with Crippen molar-refractivity contribution in [2.75, 3.05) is 19.8 Å². The Morgan fingerprint density at radius 1 is 1.46 bits per heavy atom. The standard InChI is InChI=1S/C10H19NO2/c1-10(2)7-13-9(11-10)5-8-3-4-12-6-8/h8-9,11H,3-7H2,1-2H3. The fourth-order valence-corrected chi connectivity index (χ4v) is 2.03. The molecule has 0 spiro atoms. The van der Waals surface area contributed by atoms with Crippen LogP contribution < -0.4 is 5.32 Å². The smallest absolute Gasteiger partial charge is 0.109 e. The van der Waals surface area contributed by atoms with Gasteiger partial charge < -0.3 is 9.47 Å². The van der Waals surface area contributed by atoms with E-state index in [1.807, 2.05) is 0 Å². The van der Waals surface area contributed by atoms with Gasteiger partial charge in [-0.2, -0.15) is 0 Å². The van der Waals surface area contributed by atoms with Crippen LogP contribution in [-0.4, -0.2) is 31.6 Å². The summed E-state index contributed by atoms with van der Waals surface area (Å²) in [6, 6.07) is 0. The Labute approximate surface area is 79.8 Å². The summed E-state index contributed by atoms with van der Waals surface area (Å²) in [6.45, 7) is 7.03. The van der Waals surface area contributed by atoms with Crippen molar-refractivity contribution in [2.45, 2.75) is 38.5 Å². The molecule has 1 N–H and O–H groups in total. The molecule has 0 amide bonds. The zero-order valence-corrected chi connectivity index (χ0v) is 8.51. The Bertz CT molecular complexity index is 176. The van der Waals surface area contributed by atoms with Gasteiger partial charge in [-0.25, -0.2) is 0 Å². The first-order valence-corrected chi connectivity index (χ1v) is 5.13. The van der Waals surface area contributed by atoms with Gasteiger partial charge in [0.2, 0.25) is 0 Å². The maximum atomic E-state index is 5.66. The predicted octanol–water partition coefficient (Wildman–Crippen LogP) is 1.14. The Morgan fingerprint density at radius 2 is 2.31 bits per heavy atom. The van der Waals surface area contributed by atoms with Crippen LogP contribution in [-0.2, 0) is 9.47 Å². The number of rotatable bonds is 2. The van der Waals surface area contributed by atoms with Crippen LogP contribution in [0.2, 0.25) is 0 Å². The van der Waals surface area contributed by atoms with E-state index in [2.05, 4.69) is 19.2 Å². The SMILES string of the molecule is CC1(C)COC(CC2CCOC2)N1. The maximum absolute atomic E-state index is 5.66. The van der Waals surface area contributed by atoms with Crippen LogP contribution in [0.4, 0.5) is 0 Å². The van der Waals surface area contributed by atoms with Crippen LogP contribution in [0.5, 0.6) is 0 Å². The van der Waals surface area contributed by atoms with Crippen molar-refractivity contribution in [3.05, 3.63) is 0 Å². The molecular weight excluding hydrogens is 166 g/mol. The largest absolute Gasteiger partial charge is 0.381 e. The topological polar surface area (TPSA) is 30.5 Å². The zero-order chi connectivity index (χ0) is 9.31. The van der Waals surface area contributed by atoms with E-state index in [-0.39, 0.29) is 11.8 Å². The first kappa shape index (κ1) is 9.44. The van der Waals surface area contributed by atoms with Crippen molar-refractivity contribution < 1.29 is 9.47 Å². The monoisotopic (exact) mass is 185 g/mol.